The number of hydrogen-bond acceptors (Lipinski definition) is 4. The molecular weight excluding hydrogens is 433 g/mol. The Morgan fingerprint density at radius 2 is 2.08 bits per heavy atom. The lowest BCUT2D eigenvalue weighted by atomic mass is 10.1. The fourth-order valence-corrected chi connectivity index (χ4v) is 3.17. The number of rotatable bonds is 5. The maximum absolute atomic E-state index is 12.3. The summed E-state index contributed by atoms with van der Waals surface area (Å²) in [6.07, 6.45) is 4.97. The van der Waals surface area contributed by atoms with Crippen LogP contribution in [0.2, 0.25) is 0 Å². The minimum absolute atomic E-state index is 0.223. The quantitative estimate of drug-likeness (QED) is 0.606. The van der Waals surface area contributed by atoms with E-state index in [1.54, 1.807) is 35.0 Å². The Labute approximate surface area is 159 Å². The Balaban J connectivity index is 1.63. The molecule has 130 valence electrons. The van der Waals surface area contributed by atoms with Crippen molar-refractivity contribution in [2.24, 2.45) is 7.05 Å². The van der Waals surface area contributed by atoms with Gasteiger partial charge < -0.3 is 10.1 Å². The standard InChI is InChI=1S/C17H18IN5O2/c1-11-4-5-15(12(2)6-11)25-10-23-9-13(7-20-23)21-17(24)16-14(18)8-19-22(16)3/h4-9H,10H2,1-3H3,(H,21,24). The zero-order valence-electron chi connectivity index (χ0n) is 14.2. The number of aryl methyl sites for hydroxylation is 3. The van der Waals surface area contributed by atoms with Gasteiger partial charge in [-0.2, -0.15) is 10.2 Å². The van der Waals surface area contributed by atoms with Crippen LogP contribution in [0.25, 0.3) is 0 Å². The maximum atomic E-state index is 12.3. The van der Waals surface area contributed by atoms with Gasteiger partial charge in [0, 0.05) is 7.05 Å². The molecule has 2 heterocycles. The van der Waals surface area contributed by atoms with Crippen molar-refractivity contribution in [3.63, 3.8) is 0 Å². The number of amides is 1. The molecule has 7 nitrogen and oxygen atoms in total. The largest absolute Gasteiger partial charge is 0.471 e. The third-order valence-electron chi connectivity index (χ3n) is 3.68. The second-order valence-electron chi connectivity index (χ2n) is 5.73. The summed E-state index contributed by atoms with van der Waals surface area (Å²) >= 11 is 2.08. The molecule has 25 heavy (non-hydrogen) atoms. The van der Waals surface area contributed by atoms with E-state index < -0.39 is 0 Å². The van der Waals surface area contributed by atoms with E-state index in [1.807, 2.05) is 26.0 Å². The van der Waals surface area contributed by atoms with Crippen molar-refractivity contribution in [1.29, 1.82) is 0 Å². The average Bonchev–Trinajstić information content (AvgIpc) is 3.13. The van der Waals surface area contributed by atoms with Gasteiger partial charge in [-0.05, 0) is 48.1 Å². The van der Waals surface area contributed by atoms with Gasteiger partial charge in [-0.3, -0.25) is 9.48 Å². The predicted octanol–water partition coefficient (Wildman–Crippen LogP) is 3.13. The number of aromatic nitrogens is 4. The summed E-state index contributed by atoms with van der Waals surface area (Å²) in [5.41, 5.74) is 3.39. The summed E-state index contributed by atoms with van der Waals surface area (Å²) in [5.74, 6) is 0.593. The number of hydrogen-bond donors (Lipinski definition) is 1. The molecule has 0 fully saturated rings. The first kappa shape index (κ1) is 17.5. The van der Waals surface area contributed by atoms with Gasteiger partial charge in [0.1, 0.15) is 11.4 Å². The van der Waals surface area contributed by atoms with Crippen molar-refractivity contribution in [2.75, 3.05) is 5.32 Å². The number of benzene rings is 1. The highest BCUT2D eigenvalue weighted by molar-refractivity contribution is 14.1. The van der Waals surface area contributed by atoms with Crippen molar-refractivity contribution in [3.8, 4) is 5.75 Å². The number of carbonyl (C=O) groups is 1. The molecule has 8 heteroatoms. The van der Waals surface area contributed by atoms with Crippen molar-refractivity contribution in [2.45, 2.75) is 20.6 Å². The lowest BCUT2D eigenvalue weighted by Gasteiger charge is -2.09. The molecule has 2 aromatic heterocycles. The highest BCUT2D eigenvalue weighted by Crippen LogP contribution is 2.19. The van der Waals surface area contributed by atoms with Gasteiger partial charge in [0.2, 0.25) is 0 Å². The Bertz CT molecular complexity index is 896. The van der Waals surface area contributed by atoms with Crippen LogP contribution in [0.4, 0.5) is 5.69 Å². The molecule has 3 rings (SSSR count). The SMILES string of the molecule is Cc1ccc(OCn2cc(NC(=O)c3c(I)cnn3C)cn2)c(C)c1. The Hall–Kier alpha value is -2.36. The van der Waals surface area contributed by atoms with Crippen LogP contribution in [0.1, 0.15) is 21.6 Å². The number of nitrogens with one attached hydrogen (secondary N) is 1. The van der Waals surface area contributed by atoms with Gasteiger partial charge in [-0.1, -0.05) is 17.7 Å². The fourth-order valence-electron chi connectivity index (χ4n) is 2.45. The topological polar surface area (TPSA) is 74.0 Å². The van der Waals surface area contributed by atoms with Gasteiger partial charge in [0.05, 0.1) is 27.8 Å². The van der Waals surface area contributed by atoms with Gasteiger partial charge >= 0.3 is 0 Å². The minimum Gasteiger partial charge on any atom is -0.471 e. The lowest BCUT2D eigenvalue weighted by molar-refractivity contribution is 0.101. The van der Waals surface area contributed by atoms with Gasteiger partial charge in [-0.25, -0.2) is 4.68 Å². The van der Waals surface area contributed by atoms with Crippen molar-refractivity contribution in [1.82, 2.24) is 19.6 Å². The van der Waals surface area contributed by atoms with Crippen LogP contribution < -0.4 is 10.1 Å². The van der Waals surface area contributed by atoms with Crippen molar-refractivity contribution in [3.05, 3.63) is 57.2 Å². The van der Waals surface area contributed by atoms with E-state index in [4.69, 9.17) is 4.74 Å². The molecular formula is C17H18IN5O2. The smallest absolute Gasteiger partial charge is 0.275 e. The summed E-state index contributed by atoms with van der Waals surface area (Å²) in [6.45, 7) is 4.32. The summed E-state index contributed by atoms with van der Waals surface area (Å²) in [4.78, 5) is 12.3. The van der Waals surface area contributed by atoms with E-state index in [1.165, 1.54) is 5.56 Å². The minimum atomic E-state index is -0.223. The molecule has 0 unspecified atom stereocenters. The molecule has 0 spiro atoms. The summed E-state index contributed by atoms with van der Waals surface area (Å²) in [6, 6.07) is 6.02. The lowest BCUT2D eigenvalue weighted by Crippen LogP contribution is -2.17. The summed E-state index contributed by atoms with van der Waals surface area (Å²) < 4.78 is 9.75. The first-order valence-corrected chi connectivity index (χ1v) is 8.73. The number of anilines is 1. The Kier molecular flexibility index (Phi) is 5.07. The third kappa shape index (κ3) is 4.01. The number of carbonyl (C=O) groups excluding carboxylic acids is 1. The number of ether oxygens (including phenoxy) is 1. The normalized spacial score (nSPS) is 10.7. The molecule has 0 saturated heterocycles. The third-order valence-corrected chi connectivity index (χ3v) is 4.47. The second-order valence-corrected chi connectivity index (χ2v) is 6.89. The van der Waals surface area contributed by atoms with Crippen molar-refractivity contribution < 1.29 is 9.53 Å². The number of halogens is 1. The first-order valence-electron chi connectivity index (χ1n) is 7.65. The molecule has 1 amide bonds. The van der Waals surface area contributed by atoms with E-state index in [0.717, 1.165) is 14.9 Å². The highest BCUT2D eigenvalue weighted by atomic mass is 127. The summed E-state index contributed by atoms with van der Waals surface area (Å²) in [5, 5.41) is 11.1. The molecule has 0 saturated carbocycles. The van der Waals surface area contributed by atoms with Crippen LogP contribution in [-0.2, 0) is 13.8 Å². The zero-order chi connectivity index (χ0) is 18.0. The summed E-state index contributed by atoms with van der Waals surface area (Å²) in [7, 11) is 1.73. The van der Waals surface area contributed by atoms with Crippen LogP contribution in [0, 0.1) is 17.4 Å². The molecule has 0 aliphatic heterocycles. The van der Waals surface area contributed by atoms with Crippen LogP contribution in [0.3, 0.4) is 0 Å². The molecule has 0 bridgehead atoms. The van der Waals surface area contributed by atoms with E-state index in [-0.39, 0.29) is 12.6 Å². The van der Waals surface area contributed by atoms with Crippen LogP contribution >= 0.6 is 22.6 Å². The number of nitrogens with zero attached hydrogens (tertiary/aromatic N) is 4. The second kappa shape index (κ2) is 7.26. The zero-order valence-corrected chi connectivity index (χ0v) is 16.3. The average molecular weight is 451 g/mol. The van der Waals surface area contributed by atoms with Crippen molar-refractivity contribution >= 4 is 34.2 Å². The molecule has 0 aliphatic rings. The van der Waals surface area contributed by atoms with Crippen LogP contribution in [0.15, 0.2) is 36.8 Å². The van der Waals surface area contributed by atoms with Crippen LogP contribution in [0.5, 0.6) is 5.75 Å². The van der Waals surface area contributed by atoms with Gasteiger partial charge in [0.25, 0.3) is 5.91 Å². The Morgan fingerprint density at radius 3 is 2.76 bits per heavy atom. The molecule has 0 radical (unpaired) electrons. The first-order chi connectivity index (χ1) is 11.9. The monoisotopic (exact) mass is 451 g/mol. The highest BCUT2D eigenvalue weighted by Gasteiger charge is 2.16. The predicted molar refractivity (Wildman–Crippen MR) is 103 cm³/mol. The molecule has 3 aromatic rings. The van der Waals surface area contributed by atoms with E-state index in [0.29, 0.717) is 11.4 Å². The molecule has 0 atom stereocenters. The van der Waals surface area contributed by atoms with E-state index >= 15 is 0 Å². The molecule has 0 aliphatic carbocycles. The maximum Gasteiger partial charge on any atom is 0.275 e. The fraction of sp³-hybridized carbons (Fsp3) is 0.235. The molecule has 1 N–H and O–H groups in total. The van der Waals surface area contributed by atoms with Gasteiger partial charge in [-0.15, -0.1) is 0 Å². The van der Waals surface area contributed by atoms with E-state index in [2.05, 4.69) is 44.2 Å². The van der Waals surface area contributed by atoms with E-state index in [9.17, 15) is 4.79 Å². The molecule has 1 aromatic carbocycles. The Morgan fingerprint density at radius 1 is 1.28 bits per heavy atom. The van der Waals surface area contributed by atoms with Gasteiger partial charge in [0.15, 0.2) is 6.73 Å². The van der Waals surface area contributed by atoms with Crippen LogP contribution in [-0.4, -0.2) is 25.5 Å².